The second kappa shape index (κ2) is 13.4. The number of rotatable bonds is 8. The van der Waals surface area contributed by atoms with Crippen molar-refractivity contribution < 1.29 is 9.53 Å². The topological polar surface area (TPSA) is 83.7 Å². The van der Waals surface area contributed by atoms with Gasteiger partial charge in [0.05, 0.1) is 34.9 Å². The molecule has 6 heteroatoms. The Labute approximate surface area is 284 Å². The number of benzene rings is 1. The van der Waals surface area contributed by atoms with Gasteiger partial charge in [0, 0.05) is 41.0 Å². The van der Waals surface area contributed by atoms with E-state index in [0.29, 0.717) is 13.0 Å². The number of H-pyrrole nitrogens is 2. The van der Waals surface area contributed by atoms with E-state index in [2.05, 4.69) is 108 Å². The standard InChI is InChI=1S/C42H48N4O2/c1-10-29-23(5)34-21-36-25(7)31(12-3)41(45-36)38(28-17-15-14-16-18-28)42-32(13-4)26(8)37(46-42)22-35-24(6)30(11-2)40(44-35)33(39(29)43-34)19-20-48-27(9)47/h14-18,21-22,43,45H,10-13,19-20H2,1-9H3. The lowest BCUT2D eigenvalue weighted by Gasteiger charge is -2.10. The maximum Gasteiger partial charge on any atom is 0.302 e. The van der Waals surface area contributed by atoms with E-state index in [0.717, 1.165) is 87.2 Å². The molecule has 0 aliphatic carbocycles. The third-order valence-corrected chi connectivity index (χ3v) is 10.3. The maximum atomic E-state index is 11.9. The zero-order valence-electron chi connectivity index (χ0n) is 30.0. The third-order valence-electron chi connectivity index (χ3n) is 10.3. The highest BCUT2D eigenvalue weighted by Gasteiger charge is 2.25. The van der Waals surface area contributed by atoms with Crippen LogP contribution in [-0.4, -0.2) is 32.5 Å². The number of fused-ring (bicyclic) bond motifs is 8. The summed E-state index contributed by atoms with van der Waals surface area (Å²) < 4.78 is 5.52. The highest BCUT2D eigenvalue weighted by molar-refractivity contribution is 6.01. The van der Waals surface area contributed by atoms with Crippen molar-refractivity contribution in [3.8, 4) is 11.1 Å². The Kier molecular flexibility index (Phi) is 9.28. The molecule has 8 bridgehead atoms. The van der Waals surface area contributed by atoms with Crippen LogP contribution < -0.4 is 0 Å². The lowest BCUT2D eigenvalue weighted by atomic mass is 9.94. The number of aryl methyl sites for hydroxylation is 4. The number of nitrogens with one attached hydrogen (secondary N) is 2. The molecule has 2 aliphatic rings. The number of esters is 1. The van der Waals surface area contributed by atoms with Gasteiger partial charge in [-0.25, -0.2) is 9.97 Å². The third kappa shape index (κ3) is 5.61. The minimum atomic E-state index is -0.274. The first-order chi connectivity index (χ1) is 23.1. The zero-order valence-corrected chi connectivity index (χ0v) is 30.0. The molecule has 248 valence electrons. The van der Waals surface area contributed by atoms with Gasteiger partial charge in [0.1, 0.15) is 0 Å². The Morgan fingerprint density at radius 3 is 1.79 bits per heavy atom. The first-order valence-corrected chi connectivity index (χ1v) is 17.5. The van der Waals surface area contributed by atoms with Crippen LogP contribution in [0.4, 0.5) is 0 Å². The van der Waals surface area contributed by atoms with Crippen LogP contribution in [-0.2, 0) is 28.8 Å². The molecular formula is C42H48N4O2. The largest absolute Gasteiger partial charge is 0.466 e. The number of carbonyl (C=O) groups is 1. The van der Waals surface area contributed by atoms with Gasteiger partial charge in [-0.1, -0.05) is 58.0 Å². The van der Waals surface area contributed by atoms with Gasteiger partial charge >= 0.3 is 5.97 Å². The number of carbonyl (C=O) groups excluding carboxylic acids is 1. The normalized spacial score (nSPS) is 13.1. The highest BCUT2D eigenvalue weighted by Crippen LogP contribution is 2.42. The van der Waals surface area contributed by atoms with Crippen LogP contribution in [0, 0.1) is 13.8 Å². The van der Waals surface area contributed by atoms with Gasteiger partial charge in [-0.2, -0.15) is 0 Å². The van der Waals surface area contributed by atoms with Crippen molar-refractivity contribution in [2.45, 2.75) is 94.4 Å². The summed E-state index contributed by atoms with van der Waals surface area (Å²) in [5.74, 6) is -0.274. The second-order valence-electron chi connectivity index (χ2n) is 12.9. The monoisotopic (exact) mass is 640 g/mol. The van der Waals surface area contributed by atoms with E-state index in [1.54, 1.807) is 0 Å². The summed E-state index contributed by atoms with van der Waals surface area (Å²) in [4.78, 5) is 30.4. The van der Waals surface area contributed by atoms with E-state index in [1.807, 2.05) is 0 Å². The van der Waals surface area contributed by atoms with Gasteiger partial charge in [0.2, 0.25) is 0 Å². The van der Waals surface area contributed by atoms with Gasteiger partial charge in [0.25, 0.3) is 0 Å². The van der Waals surface area contributed by atoms with E-state index in [1.165, 1.54) is 51.5 Å². The summed E-state index contributed by atoms with van der Waals surface area (Å²) in [6.45, 7) is 19.4. The molecule has 5 heterocycles. The summed E-state index contributed by atoms with van der Waals surface area (Å²) in [6.07, 6.45) is 4.03. The minimum absolute atomic E-state index is 0.274. The molecule has 6 nitrogen and oxygen atoms in total. The van der Waals surface area contributed by atoms with E-state index in [-0.39, 0.29) is 5.97 Å². The molecular weight excluding hydrogens is 592 g/mol. The van der Waals surface area contributed by atoms with Crippen LogP contribution in [0.5, 0.6) is 0 Å². The molecule has 6 rings (SSSR count). The minimum Gasteiger partial charge on any atom is -0.466 e. The van der Waals surface area contributed by atoms with Gasteiger partial charge in [-0.3, -0.25) is 4.79 Å². The SMILES string of the molecule is CCC1=C(C)c2cc3nc(c(-c4ccccc4)c4[nH]c(cc5[nH]c(c(CCOC(C)=O)c1n2)c(CC)c5C)c(C)c4CC)C(CC)=C3C. The lowest BCUT2D eigenvalue weighted by molar-refractivity contribution is -0.140. The number of allylic oxidation sites excluding steroid dienone is 4. The van der Waals surface area contributed by atoms with Crippen molar-refractivity contribution in [2.24, 2.45) is 0 Å². The molecule has 1 aromatic carbocycles. The predicted molar refractivity (Wildman–Crippen MR) is 201 cm³/mol. The fourth-order valence-electron chi connectivity index (χ4n) is 7.70. The number of aromatic nitrogens is 4. The van der Waals surface area contributed by atoms with Crippen molar-refractivity contribution in [2.75, 3.05) is 6.61 Å². The van der Waals surface area contributed by atoms with Gasteiger partial charge < -0.3 is 14.7 Å². The molecule has 0 radical (unpaired) electrons. The molecule has 0 fully saturated rings. The Balaban J connectivity index is 1.87. The molecule has 0 saturated heterocycles. The first-order valence-electron chi connectivity index (χ1n) is 17.5. The average molecular weight is 641 g/mol. The molecule has 0 spiro atoms. The van der Waals surface area contributed by atoms with Crippen molar-refractivity contribution in [3.63, 3.8) is 0 Å². The Morgan fingerprint density at radius 1 is 0.688 bits per heavy atom. The van der Waals surface area contributed by atoms with Crippen LogP contribution in [0.15, 0.2) is 42.5 Å². The molecule has 3 aromatic heterocycles. The average Bonchev–Trinajstić information content (AvgIpc) is 3.76. The van der Waals surface area contributed by atoms with E-state index in [4.69, 9.17) is 14.7 Å². The van der Waals surface area contributed by atoms with Gasteiger partial charge in [0.15, 0.2) is 0 Å². The van der Waals surface area contributed by atoms with E-state index in [9.17, 15) is 4.79 Å². The first kappa shape index (κ1) is 33.2. The smallest absolute Gasteiger partial charge is 0.302 e. The Hall–Kier alpha value is -4.71. The second-order valence-corrected chi connectivity index (χ2v) is 12.9. The van der Waals surface area contributed by atoms with Crippen molar-refractivity contribution in [1.82, 2.24) is 19.9 Å². The lowest BCUT2D eigenvalue weighted by Crippen LogP contribution is -2.06. The number of hydrogen-bond acceptors (Lipinski definition) is 4. The Morgan fingerprint density at radius 2 is 1.23 bits per heavy atom. The fourth-order valence-corrected chi connectivity index (χ4v) is 7.70. The van der Waals surface area contributed by atoms with Gasteiger partial charge in [-0.15, -0.1) is 0 Å². The van der Waals surface area contributed by atoms with Crippen molar-refractivity contribution in [1.29, 1.82) is 0 Å². The van der Waals surface area contributed by atoms with Crippen LogP contribution >= 0.6 is 0 Å². The summed E-state index contributed by atoms with van der Waals surface area (Å²) in [6, 6.07) is 15.1. The quantitative estimate of drug-likeness (QED) is 0.188. The van der Waals surface area contributed by atoms with Gasteiger partial charge in [-0.05, 0) is 116 Å². The summed E-state index contributed by atoms with van der Waals surface area (Å²) in [5, 5.41) is 0. The maximum absolute atomic E-state index is 11.9. The molecule has 0 saturated carbocycles. The van der Waals surface area contributed by atoms with Crippen molar-refractivity contribution in [3.05, 3.63) is 93.1 Å². The molecule has 48 heavy (non-hydrogen) atoms. The molecule has 2 aliphatic heterocycles. The van der Waals surface area contributed by atoms with Crippen LogP contribution in [0.25, 0.3) is 55.5 Å². The summed E-state index contributed by atoms with van der Waals surface area (Å²) >= 11 is 0. The molecule has 0 atom stereocenters. The zero-order chi connectivity index (χ0) is 34.3. The number of aromatic amines is 2. The van der Waals surface area contributed by atoms with E-state index < -0.39 is 0 Å². The molecule has 0 amide bonds. The number of nitrogens with zero attached hydrogens (tertiary/aromatic N) is 2. The highest BCUT2D eigenvalue weighted by atomic mass is 16.5. The number of ether oxygens (including phenoxy) is 1. The van der Waals surface area contributed by atoms with Crippen LogP contribution in [0.1, 0.15) is 112 Å². The van der Waals surface area contributed by atoms with E-state index >= 15 is 0 Å². The molecule has 4 aromatic rings. The number of hydrogen-bond donors (Lipinski definition) is 2. The Bertz CT molecular complexity index is 2160. The van der Waals surface area contributed by atoms with Crippen LogP contribution in [0.3, 0.4) is 0 Å². The summed E-state index contributed by atoms with van der Waals surface area (Å²) in [7, 11) is 0. The fraction of sp³-hybridized carbons (Fsp3) is 0.357. The molecule has 0 unspecified atom stereocenters. The summed E-state index contributed by atoms with van der Waals surface area (Å²) in [5.41, 5.74) is 21.5. The molecule has 2 N–H and O–H groups in total. The van der Waals surface area contributed by atoms with Crippen molar-refractivity contribution >= 4 is 50.3 Å². The predicted octanol–water partition coefficient (Wildman–Crippen LogP) is 10.5. The van der Waals surface area contributed by atoms with Crippen LogP contribution in [0.2, 0.25) is 0 Å².